The van der Waals surface area contributed by atoms with Gasteiger partial charge < -0.3 is 4.90 Å². The Kier molecular flexibility index (Phi) is 6.78. The minimum Gasteiger partial charge on any atom is -0.310 e. The molecule has 0 saturated carbocycles. The lowest BCUT2D eigenvalue weighted by molar-refractivity contribution is 0.661. The van der Waals surface area contributed by atoms with Gasteiger partial charge in [-0.25, -0.2) is 0 Å². The summed E-state index contributed by atoms with van der Waals surface area (Å²) in [5.41, 5.74) is 13.8. The predicted octanol–water partition coefficient (Wildman–Crippen LogP) is 14.3. The van der Waals surface area contributed by atoms with Crippen LogP contribution in [0.4, 0.5) is 17.1 Å². The standard InChI is InChI=1S/C49H35NS/c1-49(2)42-30-39(50(38-26-23-33-15-9-10-18-36(33)29-38)37-24-21-34(22-25-37)32-13-5-3-6-14-32)27-28-40(42)47-43(49)31-45-48(41-19-11-12-20-44(41)51-45)46(47)35-16-7-4-8-17-35/h3-31H,1-2H3. The summed E-state index contributed by atoms with van der Waals surface area (Å²) in [6.45, 7) is 4.81. The number of benzene rings is 8. The van der Waals surface area contributed by atoms with Crippen LogP contribution in [0.15, 0.2) is 176 Å². The third kappa shape index (κ3) is 4.75. The van der Waals surface area contributed by atoms with Crippen molar-refractivity contribution >= 4 is 59.3 Å². The second-order valence-corrected chi connectivity index (χ2v) is 15.2. The monoisotopic (exact) mass is 669 g/mol. The van der Waals surface area contributed by atoms with Gasteiger partial charge in [0, 0.05) is 42.6 Å². The third-order valence-electron chi connectivity index (χ3n) is 10.8. The van der Waals surface area contributed by atoms with E-state index in [1.54, 1.807) is 0 Å². The van der Waals surface area contributed by atoms with E-state index in [9.17, 15) is 0 Å². The summed E-state index contributed by atoms with van der Waals surface area (Å²) >= 11 is 1.91. The minimum atomic E-state index is -0.194. The molecule has 1 aromatic heterocycles. The highest BCUT2D eigenvalue weighted by molar-refractivity contribution is 7.26. The van der Waals surface area contributed by atoms with Gasteiger partial charge in [0.1, 0.15) is 0 Å². The molecule has 0 amide bonds. The Morgan fingerprint density at radius 1 is 0.431 bits per heavy atom. The van der Waals surface area contributed by atoms with Gasteiger partial charge in [0.25, 0.3) is 0 Å². The summed E-state index contributed by atoms with van der Waals surface area (Å²) in [5.74, 6) is 0. The fourth-order valence-electron chi connectivity index (χ4n) is 8.30. The van der Waals surface area contributed by atoms with Gasteiger partial charge in [0.15, 0.2) is 0 Å². The van der Waals surface area contributed by atoms with Crippen LogP contribution in [0.5, 0.6) is 0 Å². The first kappa shape index (κ1) is 29.9. The van der Waals surface area contributed by atoms with E-state index in [1.807, 2.05) is 11.3 Å². The summed E-state index contributed by atoms with van der Waals surface area (Å²) in [6, 6.07) is 64.6. The van der Waals surface area contributed by atoms with E-state index >= 15 is 0 Å². The minimum absolute atomic E-state index is 0.194. The van der Waals surface area contributed by atoms with Gasteiger partial charge in [-0.3, -0.25) is 0 Å². The largest absolute Gasteiger partial charge is 0.310 e. The molecular formula is C49H35NS. The zero-order chi connectivity index (χ0) is 34.1. The SMILES string of the molecule is CC1(C)c2cc(N(c3ccc(-c4ccccc4)cc3)c3ccc4ccccc4c3)ccc2-c2c1cc1sc3ccccc3c1c2-c1ccccc1. The van der Waals surface area contributed by atoms with Crippen molar-refractivity contribution in [2.45, 2.75) is 19.3 Å². The molecule has 0 atom stereocenters. The molecule has 0 unspecified atom stereocenters. The normalized spacial score (nSPS) is 13.1. The van der Waals surface area contributed by atoms with Crippen LogP contribution in [0.1, 0.15) is 25.0 Å². The molecule has 0 saturated heterocycles. The van der Waals surface area contributed by atoms with Crippen LogP contribution in [0, 0.1) is 0 Å². The van der Waals surface area contributed by atoms with E-state index in [-0.39, 0.29) is 5.41 Å². The number of hydrogen-bond acceptors (Lipinski definition) is 2. The zero-order valence-electron chi connectivity index (χ0n) is 28.6. The molecule has 242 valence electrons. The summed E-state index contributed by atoms with van der Waals surface area (Å²) < 4.78 is 2.69. The molecule has 1 nitrogen and oxygen atoms in total. The first-order chi connectivity index (χ1) is 25.0. The van der Waals surface area contributed by atoms with Crippen molar-refractivity contribution in [3.63, 3.8) is 0 Å². The molecule has 0 spiro atoms. The Bertz CT molecular complexity index is 2760. The lowest BCUT2D eigenvalue weighted by Crippen LogP contribution is -2.16. The second-order valence-electron chi connectivity index (χ2n) is 14.1. The number of nitrogens with zero attached hydrogens (tertiary/aromatic N) is 1. The molecule has 0 radical (unpaired) electrons. The Labute approximate surface area is 302 Å². The summed E-state index contributed by atoms with van der Waals surface area (Å²) in [5, 5.41) is 5.18. The predicted molar refractivity (Wildman–Crippen MR) is 220 cm³/mol. The van der Waals surface area contributed by atoms with E-state index in [2.05, 4.69) is 195 Å². The topological polar surface area (TPSA) is 3.24 Å². The number of fused-ring (bicyclic) bond motifs is 7. The summed E-state index contributed by atoms with van der Waals surface area (Å²) in [7, 11) is 0. The van der Waals surface area contributed by atoms with Crippen LogP contribution in [0.2, 0.25) is 0 Å². The van der Waals surface area contributed by atoms with Crippen molar-refractivity contribution in [2.75, 3.05) is 4.90 Å². The van der Waals surface area contributed by atoms with Gasteiger partial charge in [0.2, 0.25) is 0 Å². The van der Waals surface area contributed by atoms with Crippen LogP contribution >= 0.6 is 11.3 Å². The Morgan fingerprint density at radius 3 is 1.82 bits per heavy atom. The highest BCUT2D eigenvalue weighted by atomic mass is 32.1. The van der Waals surface area contributed by atoms with Gasteiger partial charge in [-0.15, -0.1) is 11.3 Å². The molecule has 2 heteroatoms. The molecule has 51 heavy (non-hydrogen) atoms. The van der Waals surface area contributed by atoms with Crippen molar-refractivity contribution in [1.29, 1.82) is 0 Å². The number of thiophene rings is 1. The number of anilines is 3. The van der Waals surface area contributed by atoms with Crippen LogP contribution in [-0.4, -0.2) is 0 Å². The van der Waals surface area contributed by atoms with Crippen molar-refractivity contribution in [3.05, 3.63) is 187 Å². The molecule has 0 fully saturated rings. The average molecular weight is 670 g/mol. The summed E-state index contributed by atoms with van der Waals surface area (Å²) in [6.07, 6.45) is 0. The van der Waals surface area contributed by atoms with Gasteiger partial charge in [-0.2, -0.15) is 0 Å². The average Bonchev–Trinajstić information content (AvgIpc) is 3.66. The van der Waals surface area contributed by atoms with Gasteiger partial charge in [0.05, 0.1) is 0 Å². The highest BCUT2D eigenvalue weighted by Gasteiger charge is 2.39. The first-order valence-electron chi connectivity index (χ1n) is 17.7. The van der Waals surface area contributed by atoms with E-state index in [0.29, 0.717) is 0 Å². The molecular weight excluding hydrogens is 635 g/mol. The van der Waals surface area contributed by atoms with Gasteiger partial charge in [-0.1, -0.05) is 141 Å². The molecule has 0 N–H and O–H groups in total. The maximum absolute atomic E-state index is 2.49. The molecule has 0 aliphatic heterocycles. The number of hydrogen-bond donors (Lipinski definition) is 0. The Morgan fingerprint density at radius 2 is 1.04 bits per heavy atom. The first-order valence-corrected chi connectivity index (χ1v) is 18.5. The van der Waals surface area contributed by atoms with Crippen molar-refractivity contribution < 1.29 is 0 Å². The molecule has 10 rings (SSSR count). The van der Waals surface area contributed by atoms with Crippen molar-refractivity contribution in [3.8, 4) is 33.4 Å². The van der Waals surface area contributed by atoms with E-state index in [4.69, 9.17) is 0 Å². The van der Waals surface area contributed by atoms with Crippen LogP contribution < -0.4 is 4.90 Å². The maximum atomic E-state index is 2.49. The van der Waals surface area contributed by atoms with E-state index in [0.717, 1.165) is 17.1 Å². The zero-order valence-corrected chi connectivity index (χ0v) is 29.4. The van der Waals surface area contributed by atoms with Crippen molar-refractivity contribution in [2.24, 2.45) is 0 Å². The molecule has 1 heterocycles. The molecule has 8 aromatic carbocycles. The quantitative estimate of drug-likeness (QED) is 0.176. The van der Waals surface area contributed by atoms with Crippen LogP contribution in [-0.2, 0) is 5.41 Å². The summed E-state index contributed by atoms with van der Waals surface area (Å²) in [4.78, 5) is 2.42. The smallest absolute Gasteiger partial charge is 0.0468 e. The van der Waals surface area contributed by atoms with Gasteiger partial charge >= 0.3 is 0 Å². The second kappa shape index (κ2) is 11.6. The lowest BCUT2D eigenvalue weighted by Gasteiger charge is -2.28. The Balaban J connectivity index is 1.19. The lowest BCUT2D eigenvalue weighted by atomic mass is 9.81. The molecule has 9 aromatic rings. The molecule has 1 aliphatic rings. The maximum Gasteiger partial charge on any atom is 0.0468 e. The number of rotatable bonds is 5. The highest BCUT2D eigenvalue weighted by Crippen LogP contribution is 2.57. The fraction of sp³-hybridized carbons (Fsp3) is 0.0612. The Hall–Kier alpha value is -5.96. The van der Waals surface area contributed by atoms with Crippen LogP contribution in [0.3, 0.4) is 0 Å². The van der Waals surface area contributed by atoms with Gasteiger partial charge in [-0.05, 0) is 104 Å². The van der Waals surface area contributed by atoms with Crippen LogP contribution in [0.25, 0.3) is 64.3 Å². The van der Waals surface area contributed by atoms with Crippen molar-refractivity contribution in [1.82, 2.24) is 0 Å². The fourth-order valence-corrected chi connectivity index (χ4v) is 9.46. The third-order valence-corrected chi connectivity index (χ3v) is 11.9. The van der Waals surface area contributed by atoms with E-state index in [1.165, 1.54) is 75.5 Å². The van der Waals surface area contributed by atoms with E-state index < -0.39 is 0 Å². The molecule has 1 aliphatic carbocycles. The molecule has 0 bridgehead atoms.